The van der Waals surface area contributed by atoms with Crippen LogP contribution in [0.15, 0.2) is 77.3 Å². The average Bonchev–Trinajstić information content (AvgIpc) is 2.86. The van der Waals surface area contributed by atoms with Gasteiger partial charge in [0.2, 0.25) is 0 Å². The monoisotopic (exact) mass is 541 g/mol. The molecular weight excluding hydrogens is 518 g/mol. The van der Waals surface area contributed by atoms with Gasteiger partial charge in [0, 0.05) is 5.56 Å². The summed E-state index contributed by atoms with van der Waals surface area (Å²) in [7, 11) is 0. The molecule has 0 bridgehead atoms. The van der Waals surface area contributed by atoms with E-state index < -0.39 is 11.8 Å². The summed E-state index contributed by atoms with van der Waals surface area (Å²) >= 11 is 8.46. The smallest absolute Gasteiger partial charge is 0.276 e. The number of carbonyl (C=O) groups excluding carboxylic acids is 2. The maximum Gasteiger partial charge on any atom is 0.276 e. The number of thiocarbonyl (C=S) groups is 1. The van der Waals surface area contributed by atoms with Crippen molar-refractivity contribution in [1.82, 2.24) is 16.2 Å². The van der Waals surface area contributed by atoms with E-state index in [1.807, 2.05) is 49.4 Å². The van der Waals surface area contributed by atoms with Crippen LogP contribution in [0.3, 0.4) is 0 Å². The van der Waals surface area contributed by atoms with Crippen molar-refractivity contribution in [2.45, 2.75) is 13.3 Å². The number of nitrogens with one attached hydrogen (secondary N) is 3. The molecule has 3 aromatic carbocycles. The number of amides is 2. The van der Waals surface area contributed by atoms with Crippen molar-refractivity contribution >= 4 is 45.1 Å². The predicted octanol–water partition coefficient (Wildman–Crippen LogP) is 4.62. The van der Waals surface area contributed by atoms with Gasteiger partial charge in [-0.05, 0) is 76.0 Å². The molecule has 0 spiro atoms. The van der Waals surface area contributed by atoms with E-state index in [0.717, 1.165) is 17.5 Å². The molecule has 7 nitrogen and oxygen atoms in total. The number of carbonyl (C=O) groups is 2. The van der Waals surface area contributed by atoms with E-state index in [0.29, 0.717) is 28.1 Å². The Kier molecular flexibility index (Phi) is 9.42. The van der Waals surface area contributed by atoms with Gasteiger partial charge in [0.1, 0.15) is 11.5 Å². The third-order valence-corrected chi connectivity index (χ3v) is 5.35. The Morgan fingerprint density at radius 3 is 2.29 bits per heavy atom. The molecule has 2 amide bonds. The summed E-state index contributed by atoms with van der Waals surface area (Å²) in [6.45, 7) is 2.37. The first-order chi connectivity index (χ1) is 16.5. The molecule has 0 radical (unpaired) electrons. The zero-order valence-corrected chi connectivity index (χ0v) is 20.9. The van der Waals surface area contributed by atoms with Gasteiger partial charge in [-0.25, -0.2) is 0 Å². The Morgan fingerprint density at radius 2 is 1.62 bits per heavy atom. The Hall–Kier alpha value is -3.43. The Morgan fingerprint density at radius 1 is 0.912 bits per heavy atom. The lowest BCUT2D eigenvalue weighted by Gasteiger charge is -2.12. The number of rotatable bonds is 8. The van der Waals surface area contributed by atoms with Crippen molar-refractivity contribution in [2.24, 2.45) is 0 Å². The molecule has 0 aromatic heterocycles. The van der Waals surface area contributed by atoms with E-state index in [4.69, 9.17) is 21.7 Å². The highest BCUT2D eigenvalue weighted by atomic mass is 79.9. The largest absolute Gasteiger partial charge is 0.492 e. The van der Waals surface area contributed by atoms with Gasteiger partial charge in [-0.1, -0.05) is 49.4 Å². The average molecular weight is 542 g/mol. The van der Waals surface area contributed by atoms with Crippen LogP contribution in [0.4, 0.5) is 0 Å². The van der Waals surface area contributed by atoms with Gasteiger partial charge in [-0.2, -0.15) is 0 Å². The van der Waals surface area contributed by atoms with E-state index in [1.165, 1.54) is 0 Å². The van der Waals surface area contributed by atoms with Crippen molar-refractivity contribution in [3.8, 4) is 22.6 Å². The van der Waals surface area contributed by atoms with E-state index in [2.05, 4.69) is 32.1 Å². The highest BCUT2D eigenvalue weighted by Gasteiger charge is 2.12. The summed E-state index contributed by atoms with van der Waals surface area (Å²) in [6, 6.07) is 22.4. The Balaban J connectivity index is 1.41. The topological polar surface area (TPSA) is 88.7 Å². The van der Waals surface area contributed by atoms with Gasteiger partial charge in [-0.3, -0.25) is 25.8 Å². The second kappa shape index (κ2) is 12.7. The van der Waals surface area contributed by atoms with Crippen molar-refractivity contribution in [3.63, 3.8) is 0 Å². The number of hydrazine groups is 1. The summed E-state index contributed by atoms with van der Waals surface area (Å²) in [5.74, 6) is 0.330. The third-order valence-electron chi connectivity index (χ3n) is 4.53. The fourth-order valence-electron chi connectivity index (χ4n) is 2.86. The van der Waals surface area contributed by atoms with Crippen LogP contribution in [0.25, 0.3) is 11.1 Å². The first-order valence-electron chi connectivity index (χ1n) is 10.6. The number of benzene rings is 3. The lowest BCUT2D eigenvalue weighted by molar-refractivity contribution is -0.123. The lowest BCUT2D eigenvalue weighted by Crippen LogP contribution is -2.49. The van der Waals surface area contributed by atoms with Gasteiger partial charge in [0.05, 0.1) is 11.1 Å². The van der Waals surface area contributed by atoms with Crippen LogP contribution in [-0.4, -0.2) is 30.1 Å². The Bertz CT molecular complexity index is 1140. The minimum atomic E-state index is -0.455. The normalized spacial score (nSPS) is 10.2. The van der Waals surface area contributed by atoms with Gasteiger partial charge in [-0.15, -0.1) is 0 Å². The quantitative estimate of drug-likeness (QED) is 0.285. The third kappa shape index (κ3) is 7.57. The lowest BCUT2D eigenvalue weighted by atomic mass is 10.1. The first-order valence-corrected chi connectivity index (χ1v) is 11.8. The Labute approximate surface area is 211 Å². The zero-order chi connectivity index (χ0) is 24.3. The molecule has 0 heterocycles. The van der Waals surface area contributed by atoms with E-state index in [1.54, 1.807) is 30.3 Å². The van der Waals surface area contributed by atoms with Gasteiger partial charge in [0.15, 0.2) is 11.7 Å². The van der Waals surface area contributed by atoms with Gasteiger partial charge < -0.3 is 9.47 Å². The molecule has 0 atom stereocenters. The highest BCUT2D eigenvalue weighted by Crippen LogP contribution is 2.26. The number of hydrogen-bond donors (Lipinski definition) is 3. The molecule has 0 aliphatic carbocycles. The predicted molar refractivity (Wildman–Crippen MR) is 139 cm³/mol. The summed E-state index contributed by atoms with van der Waals surface area (Å²) < 4.78 is 11.7. The number of ether oxygens (including phenoxy) is 2. The SMILES string of the molecule is CCCOc1ccc(C(=O)NC(=S)NNC(=O)COc2ccc(-c3ccccc3)cc2)cc1Br. The molecular formula is C25H24BrN3O4S. The van der Waals surface area contributed by atoms with Crippen LogP contribution in [0, 0.1) is 0 Å². The maximum absolute atomic E-state index is 12.4. The summed E-state index contributed by atoms with van der Waals surface area (Å²) in [5.41, 5.74) is 7.41. The van der Waals surface area contributed by atoms with Crippen molar-refractivity contribution in [2.75, 3.05) is 13.2 Å². The highest BCUT2D eigenvalue weighted by molar-refractivity contribution is 9.10. The molecule has 0 unspecified atom stereocenters. The summed E-state index contributed by atoms with van der Waals surface area (Å²) in [6.07, 6.45) is 0.881. The summed E-state index contributed by atoms with van der Waals surface area (Å²) in [4.78, 5) is 24.4. The minimum Gasteiger partial charge on any atom is -0.492 e. The molecule has 0 fully saturated rings. The van der Waals surface area contributed by atoms with Crippen LogP contribution in [-0.2, 0) is 4.79 Å². The van der Waals surface area contributed by atoms with E-state index >= 15 is 0 Å². The van der Waals surface area contributed by atoms with Crippen LogP contribution in [0.5, 0.6) is 11.5 Å². The van der Waals surface area contributed by atoms with Crippen LogP contribution >= 0.6 is 28.1 Å². The molecule has 176 valence electrons. The molecule has 0 aliphatic rings. The molecule has 3 aromatic rings. The molecule has 0 saturated carbocycles. The molecule has 9 heteroatoms. The van der Waals surface area contributed by atoms with E-state index in [-0.39, 0.29) is 11.7 Å². The van der Waals surface area contributed by atoms with Crippen LogP contribution in [0.1, 0.15) is 23.7 Å². The van der Waals surface area contributed by atoms with Crippen molar-refractivity contribution < 1.29 is 19.1 Å². The second-order valence-corrected chi connectivity index (χ2v) is 8.39. The number of hydrogen-bond acceptors (Lipinski definition) is 5. The fraction of sp³-hybridized carbons (Fsp3) is 0.160. The molecule has 34 heavy (non-hydrogen) atoms. The second-order valence-electron chi connectivity index (χ2n) is 7.13. The summed E-state index contributed by atoms with van der Waals surface area (Å²) in [5, 5.41) is 2.45. The van der Waals surface area contributed by atoms with Crippen molar-refractivity contribution in [1.29, 1.82) is 0 Å². The standard InChI is InChI=1S/C25H24BrN3O4S/c1-2-14-32-22-13-10-19(15-21(22)26)24(31)27-25(34)29-28-23(30)16-33-20-11-8-18(9-12-20)17-6-4-3-5-7-17/h3-13,15H,2,14,16H2,1H3,(H,28,30)(H2,27,29,31,34). The van der Waals surface area contributed by atoms with Gasteiger partial charge >= 0.3 is 0 Å². The zero-order valence-electron chi connectivity index (χ0n) is 18.5. The first kappa shape index (κ1) is 25.2. The fourth-order valence-corrected chi connectivity index (χ4v) is 3.50. The molecule has 3 N–H and O–H groups in total. The van der Waals surface area contributed by atoms with E-state index in [9.17, 15) is 9.59 Å². The molecule has 3 rings (SSSR count). The van der Waals surface area contributed by atoms with Crippen LogP contribution < -0.4 is 25.6 Å². The maximum atomic E-state index is 12.4. The van der Waals surface area contributed by atoms with Crippen molar-refractivity contribution in [3.05, 3.63) is 82.8 Å². The minimum absolute atomic E-state index is 0.0482. The molecule has 0 aliphatic heterocycles. The van der Waals surface area contributed by atoms with Crippen LogP contribution in [0.2, 0.25) is 0 Å². The van der Waals surface area contributed by atoms with Gasteiger partial charge in [0.25, 0.3) is 11.8 Å². The molecule has 0 saturated heterocycles. The number of halogens is 1.